The predicted octanol–water partition coefficient (Wildman–Crippen LogP) is 1.94. The zero-order valence-electron chi connectivity index (χ0n) is 15.4. The first kappa shape index (κ1) is 21.5. The van der Waals surface area contributed by atoms with Gasteiger partial charge in [-0.3, -0.25) is 9.79 Å². The fraction of sp³-hybridized carbons (Fsp3) is 0.556. The van der Waals surface area contributed by atoms with E-state index in [0.717, 1.165) is 12.2 Å². The Hall–Kier alpha value is -1.51. The molecule has 1 aliphatic heterocycles. The van der Waals surface area contributed by atoms with E-state index in [2.05, 4.69) is 27.0 Å². The smallest absolute Gasteiger partial charge is 0.225 e. The molecule has 140 valence electrons. The minimum absolute atomic E-state index is 0. The second-order valence-corrected chi connectivity index (χ2v) is 6.94. The Balaban J connectivity index is 0.00000312. The minimum atomic E-state index is -0.366. The number of nitrogens with one attached hydrogen (secondary N) is 3. The highest BCUT2D eigenvalue weighted by molar-refractivity contribution is 14.0. The first-order valence-corrected chi connectivity index (χ1v) is 8.37. The summed E-state index contributed by atoms with van der Waals surface area (Å²) in [5.74, 6) is 1.72. The number of halogens is 1. The second-order valence-electron chi connectivity index (χ2n) is 6.94. The van der Waals surface area contributed by atoms with Gasteiger partial charge in [0.05, 0.1) is 6.54 Å². The number of guanidine groups is 1. The molecule has 3 N–H and O–H groups in total. The summed E-state index contributed by atoms with van der Waals surface area (Å²) in [6.07, 6.45) is 1.02. The molecule has 1 aromatic rings. The maximum atomic E-state index is 11.8. The number of benzene rings is 1. The zero-order chi connectivity index (χ0) is 17.6. The number of hydrogen-bond donors (Lipinski definition) is 3. The van der Waals surface area contributed by atoms with Crippen LogP contribution in [0.2, 0.25) is 0 Å². The van der Waals surface area contributed by atoms with Crippen LogP contribution in [-0.2, 0) is 11.2 Å². The van der Waals surface area contributed by atoms with Crippen LogP contribution < -0.4 is 20.7 Å². The molecule has 1 unspecified atom stereocenters. The van der Waals surface area contributed by atoms with Crippen molar-refractivity contribution in [2.24, 2.45) is 10.4 Å². The average Bonchev–Trinajstić information content (AvgIpc) is 2.95. The number of nitrogens with zero attached hydrogens (tertiary/aromatic N) is 1. The molecule has 6 nitrogen and oxygen atoms in total. The molecule has 0 fully saturated rings. The van der Waals surface area contributed by atoms with Crippen LogP contribution in [0.15, 0.2) is 29.3 Å². The van der Waals surface area contributed by atoms with Crippen LogP contribution in [0, 0.1) is 5.41 Å². The van der Waals surface area contributed by atoms with Gasteiger partial charge in [0.1, 0.15) is 11.9 Å². The number of amides is 1. The summed E-state index contributed by atoms with van der Waals surface area (Å²) in [5.41, 5.74) is 0.881. The van der Waals surface area contributed by atoms with E-state index in [9.17, 15) is 4.79 Å². The molecule has 0 aliphatic carbocycles. The number of para-hydroxylation sites is 1. The van der Waals surface area contributed by atoms with Gasteiger partial charge in [-0.25, -0.2) is 0 Å². The standard InChI is InChI=1S/C18H28N4O2.HI/c1-18(2,3)16(23)20-9-10-21-17(19-4)22-12-14-11-13-7-5-6-8-15(13)24-14;/h5-8,14H,9-12H2,1-4H3,(H,20,23)(H2,19,21,22);1H. The summed E-state index contributed by atoms with van der Waals surface area (Å²) >= 11 is 0. The van der Waals surface area contributed by atoms with Crippen molar-refractivity contribution in [3.63, 3.8) is 0 Å². The Morgan fingerprint density at radius 3 is 2.52 bits per heavy atom. The normalized spacial score (nSPS) is 16.3. The molecule has 7 heteroatoms. The number of ether oxygens (including phenoxy) is 1. The van der Waals surface area contributed by atoms with E-state index >= 15 is 0 Å². The van der Waals surface area contributed by atoms with Crippen LogP contribution in [0.5, 0.6) is 5.75 Å². The van der Waals surface area contributed by atoms with Gasteiger partial charge >= 0.3 is 0 Å². The quantitative estimate of drug-likeness (QED) is 0.272. The molecule has 1 heterocycles. The molecule has 0 spiro atoms. The van der Waals surface area contributed by atoms with Crippen molar-refractivity contribution in [2.45, 2.75) is 33.3 Å². The predicted molar refractivity (Wildman–Crippen MR) is 112 cm³/mol. The Bertz CT molecular complexity index is 574. The van der Waals surface area contributed by atoms with E-state index in [-0.39, 0.29) is 41.4 Å². The third kappa shape index (κ3) is 6.72. The fourth-order valence-corrected chi connectivity index (χ4v) is 2.42. The zero-order valence-corrected chi connectivity index (χ0v) is 17.7. The van der Waals surface area contributed by atoms with E-state index in [0.29, 0.717) is 25.6 Å². The Morgan fingerprint density at radius 1 is 1.20 bits per heavy atom. The lowest BCUT2D eigenvalue weighted by molar-refractivity contribution is -0.128. The van der Waals surface area contributed by atoms with Gasteiger partial charge in [-0.2, -0.15) is 0 Å². The van der Waals surface area contributed by atoms with Gasteiger partial charge < -0.3 is 20.7 Å². The topological polar surface area (TPSA) is 74.8 Å². The van der Waals surface area contributed by atoms with Crippen molar-refractivity contribution in [1.82, 2.24) is 16.0 Å². The van der Waals surface area contributed by atoms with Crippen LogP contribution >= 0.6 is 24.0 Å². The summed E-state index contributed by atoms with van der Waals surface area (Å²) in [4.78, 5) is 16.0. The van der Waals surface area contributed by atoms with Crippen molar-refractivity contribution in [3.8, 4) is 5.75 Å². The van der Waals surface area contributed by atoms with Gasteiger partial charge in [0.15, 0.2) is 5.96 Å². The average molecular weight is 460 g/mol. The highest BCUT2D eigenvalue weighted by atomic mass is 127. The molecular weight excluding hydrogens is 431 g/mol. The number of fused-ring (bicyclic) bond motifs is 1. The molecule has 0 aromatic heterocycles. The van der Waals surface area contributed by atoms with Crippen LogP contribution in [0.1, 0.15) is 26.3 Å². The Morgan fingerprint density at radius 2 is 1.88 bits per heavy atom. The molecule has 2 rings (SSSR count). The van der Waals surface area contributed by atoms with E-state index in [4.69, 9.17) is 4.74 Å². The summed E-state index contributed by atoms with van der Waals surface area (Å²) < 4.78 is 5.89. The van der Waals surface area contributed by atoms with E-state index in [1.54, 1.807) is 7.05 Å². The third-order valence-electron chi connectivity index (χ3n) is 3.82. The SMILES string of the molecule is CN=C(NCCNC(=O)C(C)(C)C)NCC1Cc2ccccc2O1.I. The summed E-state index contributed by atoms with van der Waals surface area (Å²) in [7, 11) is 1.73. The Labute approximate surface area is 167 Å². The van der Waals surface area contributed by atoms with Crippen molar-refractivity contribution in [2.75, 3.05) is 26.7 Å². The van der Waals surface area contributed by atoms with E-state index < -0.39 is 0 Å². The first-order chi connectivity index (χ1) is 11.4. The maximum Gasteiger partial charge on any atom is 0.225 e. The van der Waals surface area contributed by atoms with Gasteiger partial charge in [0, 0.05) is 32.0 Å². The molecule has 25 heavy (non-hydrogen) atoms. The molecule has 0 bridgehead atoms. The minimum Gasteiger partial charge on any atom is -0.488 e. The van der Waals surface area contributed by atoms with Crippen molar-refractivity contribution < 1.29 is 9.53 Å². The highest BCUT2D eigenvalue weighted by Crippen LogP contribution is 2.27. The van der Waals surface area contributed by atoms with Crippen molar-refractivity contribution in [1.29, 1.82) is 0 Å². The van der Waals surface area contributed by atoms with Gasteiger partial charge in [-0.05, 0) is 11.6 Å². The lowest BCUT2D eigenvalue weighted by Crippen LogP contribution is -2.45. The molecule has 1 aromatic carbocycles. The molecular formula is C18H29IN4O2. The van der Waals surface area contributed by atoms with Gasteiger partial charge in [-0.1, -0.05) is 39.0 Å². The largest absolute Gasteiger partial charge is 0.488 e. The fourth-order valence-electron chi connectivity index (χ4n) is 2.42. The van der Waals surface area contributed by atoms with Crippen LogP contribution in [0.3, 0.4) is 0 Å². The number of carbonyl (C=O) groups excluding carboxylic acids is 1. The maximum absolute atomic E-state index is 11.8. The first-order valence-electron chi connectivity index (χ1n) is 8.37. The molecule has 1 atom stereocenters. The van der Waals surface area contributed by atoms with Gasteiger partial charge in [-0.15, -0.1) is 24.0 Å². The van der Waals surface area contributed by atoms with Crippen LogP contribution in [-0.4, -0.2) is 44.7 Å². The second kappa shape index (κ2) is 9.84. The summed E-state index contributed by atoms with van der Waals surface area (Å²) in [6, 6.07) is 8.12. The monoisotopic (exact) mass is 460 g/mol. The lowest BCUT2D eigenvalue weighted by Gasteiger charge is -2.19. The van der Waals surface area contributed by atoms with E-state index in [1.807, 2.05) is 39.0 Å². The van der Waals surface area contributed by atoms with Gasteiger partial charge in [0.2, 0.25) is 5.91 Å². The van der Waals surface area contributed by atoms with E-state index in [1.165, 1.54) is 5.56 Å². The number of carbonyl (C=O) groups is 1. The van der Waals surface area contributed by atoms with Crippen LogP contribution in [0.4, 0.5) is 0 Å². The highest BCUT2D eigenvalue weighted by Gasteiger charge is 2.22. The Kier molecular flexibility index (Phi) is 8.47. The summed E-state index contributed by atoms with van der Waals surface area (Å²) in [5, 5.41) is 9.36. The van der Waals surface area contributed by atoms with Gasteiger partial charge in [0.25, 0.3) is 0 Å². The molecule has 0 radical (unpaired) electrons. The number of hydrogen-bond acceptors (Lipinski definition) is 3. The third-order valence-corrected chi connectivity index (χ3v) is 3.82. The summed E-state index contributed by atoms with van der Waals surface area (Å²) in [6.45, 7) is 7.56. The number of rotatable bonds is 5. The van der Waals surface area contributed by atoms with Crippen molar-refractivity contribution >= 4 is 35.8 Å². The molecule has 1 aliphatic rings. The van der Waals surface area contributed by atoms with Crippen LogP contribution in [0.25, 0.3) is 0 Å². The molecule has 0 saturated heterocycles. The number of aliphatic imine (C=N–C) groups is 1. The molecule has 1 amide bonds. The molecule has 0 saturated carbocycles. The van der Waals surface area contributed by atoms with Crippen molar-refractivity contribution in [3.05, 3.63) is 29.8 Å². The lowest BCUT2D eigenvalue weighted by atomic mass is 9.96.